The lowest BCUT2D eigenvalue weighted by molar-refractivity contribution is -0.127. The molecule has 2 amide bonds. The average Bonchev–Trinajstić information content (AvgIpc) is 3.50. The van der Waals surface area contributed by atoms with Gasteiger partial charge in [0.25, 0.3) is 5.91 Å². The zero-order valence-electron chi connectivity index (χ0n) is 19.2. The molecule has 0 unspecified atom stereocenters. The van der Waals surface area contributed by atoms with E-state index in [-0.39, 0.29) is 24.4 Å². The second kappa shape index (κ2) is 8.54. The van der Waals surface area contributed by atoms with Crippen molar-refractivity contribution in [3.63, 3.8) is 0 Å². The summed E-state index contributed by atoms with van der Waals surface area (Å²) in [4.78, 5) is 29.2. The molecule has 2 aliphatic rings. The molecule has 0 spiro atoms. The normalized spacial score (nSPS) is 21.2. The number of hydrogen-bond donors (Lipinski definition) is 1. The van der Waals surface area contributed by atoms with Crippen molar-refractivity contribution in [2.45, 2.75) is 70.5 Å². The van der Waals surface area contributed by atoms with Gasteiger partial charge in [-0.3, -0.25) is 19.2 Å². The summed E-state index contributed by atoms with van der Waals surface area (Å²) < 4.78 is 7.14. The molecule has 1 aromatic carbocycles. The van der Waals surface area contributed by atoms with Crippen LogP contribution in [0.15, 0.2) is 53.1 Å². The summed E-state index contributed by atoms with van der Waals surface area (Å²) in [6.07, 6.45) is 7.92. The van der Waals surface area contributed by atoms with Crippen molar-refractivity contribution in [1.82, 2.24) is 15.1 Å². The third-order valence-corrected chi connectivity index (χ3v) is 6.96. The Kier molecular flexibility index (Phi) is 5.56. The zero-order chi connectivity index (χ0) is 23.0. The van der Waals surface area contributed by atoms with Crippen LogP contribution in [0.25, 0.3) is 11.5 Å². The van der Waals surface area contributed by atoms with Gasteiger partial charge in [0.05, 0.1) is 12.8 Å². The van der Waals surface area contributed by atoms with E-state index in [4.69, 9.17) is 4.42 Å². The van der Waals surface area contributed by atoms with Crippen LogP contribution in [-0.2, 0) is 17.8 Å². The number of nitrogens with zero attached hydrogens (tertiary/aromatic N) is 3. The first-order valence-electron chi connectivity index (χ1n) is 11.9. The van der Waals surface area contributed by atoms with Crippen molar-refractivity contribution in [3.8, 4) is 11.5 Å². The molecule has 0 bridgehead atoms. The van der Waals surface area contributed by atoms with Crippen LogP contribution in [0.5, 0.6) is 0 Å². The molecule has 3 aromatic rings. The number of anilines is 1. The van der Waals surface area contributed by atoms with Crippen LogP contribution >= 0.6 is 0 Å². The van der Waals surface area contributed by atoms with Crippen molar-refractivity contribution in [1.29, 1.82) is 0 Å². The summed E-state index contributed by atoms with van der Waals surface area (Å²) in [5, 5.41) is 7.86. The minimum Gasteiger partial charge on any atom is -0.463 e. The van der Waals surface area contributed by atoms with Crippen molar-refractivity contribution in [2.24, 2.45) is 0 Å². The molecule has 1 saturated carbocycles. The van der Waals surface area contributed by atoms with E-state index in [1.807, 2.05) is 37.3 Å². The molecule has 7 heteroatoms. The van der Waals surface area contributed by atoms with Crippen LogP contribution in [0.1, 0.15) is 62.0 Å². The van der Waals surface area contributed by atoms with E-state index in [1.165, 1.54) is 12.0 Å². The van der Waals surface area contributed by atoms with Gasteiger partial charge in [0.2, 0.25) is 5.91 Å². The van der Waals surface area contributed by atoms with E-state index in [9.17, 15) is 9.59 Å². The maximum absolute atomic E-state index is 13.8. The Morgan fingerprint density at radius 2 is 1.94 bits per heavy atom. The van der Waals surface area contributed by atoms with Crippen LogP contribution in [0.2, 0.25) is 0 Å². The molecule has 1 fully saturated rings. The highest BCUT2D eigenvalue weighted by Crippen LogP contribution is 2.35. The van der Waals surface area contributed by atoms with Crippen LogP contribution in [0, 0.1) is 0 Å². The maximum Gasteiger partial charge on any atom is 0.277 e. The van der Waals surface area contributed by atoms with Gasteiger partial charge in [-0.25, -0.2) is 0 Å². The molecular formula is C26H30N4O3. The monoisotopic (exact) mass is 446 g/mol. The van der Waals surface area contributed by atoms with E-state index in [2.05, 4.69) is 17.3 Å². The average molecular weight is 447 g/mol. The minimum atomic E-state index is -1.11. The SMILES string of the molecule is CCc1ccc(N2C(=O)c3cc(-c4ccco4)nn3C[C@]2(C)C(=O)NC2CCCCC2)cc1. The number of benzene rings is 1. The second-order valence-corrected chi connectivity index (χ2v) is 9.29. The molecule has 2 aromatic heterocycles. The molecule has 5 rings (SSSR count). The highest BCUT2D eigenvalue weighted by molar-refractivity contribution is 6.12. The Balaban J connectivity index is 1.55. The molecule has 0 saturated heterocycles. The Bertz CT molecular complexity index is 1140. The predicted molar refractivity (Wildman–Crippen MR) is 126 cm³/mol. The number of fused-ring (bicyclic) bond motifs is 1. The smallest absolute Gasteiger partial charge is 0.277 e. The van der Waals surface area contributed by atoms with E-state index < -0.39 is 5.54 Å². The van der Waals surface area contributed by atoms with Crippen molar-refractivity contribution >= 4 is 17.5 Å². The molecule has 1 aliphatic heterocycles. The van der Waals surface area contributed by atoms with Crippen molar-refractivity contribution in [2.75, 3.05) is 4.90 Å². The molecule has 172 valence electrons. The quantitative estimate of drug-likeness (QED) is 0.622. The fraction of sp³-hybridized carbons (Fsp3) is 0.423. The highest BCUT2D eigenvalue weighted by atomic mass is 16.3. The Morgan fingerprint density at radius 1 is 1.18 bits per heavy atom. The van der Waals surface area contributed by atoms with Crippen molar-refractivity contribution < 1.29 is 14.0 Å². The number of carbonyl (C=O) groups excluding carboxylic acids is 2. The first-order valence-corrected chi connectivity index (χ1v) is 11.9. The lowest BCUT2D eigenvalue weighted by Gasteiger charge is -2.44. The van der Waals surface area contributed by atoms with E-state index in [0.29, 0.717) is 22.8 Å². The molecule has 0 radical (unpaired) electrons. The van der Waals surface area contributed by atoms with Crippen LogP contribution in [0.3, 0.4) is 0 Å². The number of hydrogen-bond acceptors (Lipinski definition) is 4. The number of aromatic nitrogens is 2. The Morgan fingerprint density at radius 3 is 2.61 bits per heavy atom. The highest BCUT2D eigenvalue weighted by Gasteiger charge is 2.49. The van der Waals surface area contributed by atoms with Gasteiger partial charge in [-0.2, -0.15) is 5.10 Å². The molecule has 1 atom stereocenters. The molecule has 3 heterocycles. The maximum atomic E-state index is 13.8. The molecular weight excluding hydrogens is 416 g/mol. The van der Waals surface area contributed by atoms with Gasteiger partial charge >= 0.3 is 0 Å². The number of carbonyl (C=O) groups is 2. The van der Waals surface area contributed by atoms with Gasteiger partial charge < -0.3 is 9.73 Å². The minimum absolute atomic E-state index is 0.136. The molecule has 1 aliphatic carbocycles. The molecule has 33 heavy (non-hydrogen) atoms. The third kappa shape index (κ3) is 3.86. The van der Waals surface area contributed by atoms with E-state index >= 15 is 0 Å². The number of nitrogens with one attached hydrogen (secondary N) is 1. The number of aryl methyl sites for hydroxylation is 1. The fourth-order valence-corrected chi connectivity index (χ4v) is 5.00. The second-order valence-electron chi connectivity index (χ2n) is 9.29. The number of furan rings is 1. The lowest BCUT2D eigenvalue weighted by Crippen LogP contribution is -2.65. The van der Waals surface area contributed by atoms with Gasteiger partial charge in [-0.15, -0.1) is 0 Å². The summed E-state index contributed by atoms with van der Waals surface area (Å²) in [6.45, 7) is 4.20. The summed E-state index contributed by atoms with van der Waals surface area (Å²) in [5.41, 5.74) is 1.82. The van der Waals surface area contributed by atoms with Gasteiger partial charge in [0, 0.05) is 17.8 Å². The third-order valence-electron chi connectivity index (χ3n) is 6.96. The summed E-state index contributed by atoms with van der Waals surface area (Å²) >= 11 is 0. The van der Waals surface area contributed by atoms with Gasteiger partial charge in [-0.1, -0.05) is 38.3 Å². The topological polar surface area (TPSA) is 80.4 Å². The largest absolute Gasteiger partial charge is 0.463 e. The predicted octanol–water partition coefficient (Wildman–Crippen LogP) is 4.57. The fourth-order valence-electron chi connectivity index (χ4n) is 5.00. The molecule has 1 N–H and O–H groups in total. The Labute approximate surface area is 193 Å². The zero-order valence-corrected chi connectivity index (χ0v) is 19.2. The van der Waals surface area contributed by atoms with Crippen molar-refractivity contribution in [3.05, 3.63) is 60.0 Å². The van der Waals surface area contributed by atoms with Gasteiger partial charge in [0.1, 0.15) is 16.9 Å². The van der Waals surface area contributed by atoms with Crippen LogP contribution in [0.4, 0.5) is 5.69 Å². The Hall–Kier alpha value is -3.35. The van der Waals surface area contributed by atoms with Gasteiger partial charge in [0.15, 0.2) is 5.76 Å². The number of rotatable bonds is 5. The first kappa shape index (κ1) is 21.5. The summed E-state index contributed by atoms with van der Waals surface area (Å²) in [6, 6.07) is 13.4. The van der Waals surface area contributed by atoms with E-state index in [1.54, 1.807) is 28.0 Å². The van der Waals surface area contributed by atoms with Crippen LogP contribution in [-0.4, -0.2) is 33.2 Å². The summed E-state index contributed by atoms with van der Waals surface area (Å²) in [5.74, 6) is 0.219. The lowest BCUT2D eigenvalue weighted by atomic mass is 9.91. The van der Waals surface area contributed by atoms with E-state index in [0.717, 1.165) is 32.1 Å². The van der Waals surface area contributed by atoms with Crippen LogP contribution < -0.4 is 10.2 Å². The first-order chi connectivity index (χ1) is 16.0. The summed E-state index contributed by atoms with van der Waals surface area (Å²) in [7, 11) is 0. The van der Waals surface area contributed by atoms with Gasteiger partial charge in [-0.05, 0) is 56.0 Å². The number of amides is 2. The molecule has 7 nitrogen and oxygen atoms in total. The standard InChI is InChI=1S/C26H30N4O3/c1-3-18-11-13-20(14-12-18)30-24(31)22-16-21(23-10-7-15-33-23)28-29(22)17-26(30,2)25(32)27-19-8-5-4-6-9-19/h7,10-16,19H,3-6,8-9,17H2,1-2H3,(H,27,32)/t26-/m1/s1.